The van der Waals surface area contributed by atoms with Crippen LogP contribution in [-0.4, -0.2) is 16.9 Å². The summed E-state index contributed by atoms with van der Waals surface area (Å²) in [5.74, 6) is -0.323. The number of hydrogen-bond donors (Lipinski definition) is 2. The maximum absolute atomic E-state index is 12.1. The van der Waals surface area contributed by atoms with E-state index >= 15 is 0 Å². The van der Waals surface area contributed by atoms with Crippen molar-refractivity contribution in [3.63, 3.8) is 0 Å². The zero-order chi connectivity index (χ0) is 15.4. The molecule has 1 atom stereocenters. The highest BCUT2D eigenvalue weighted by Crippen LogP contribution is 2.24. The summed E-state index contributed by atoms with van der Waals surface area (Å²) in [7, 11) is 0. The first kappa shape index (κ1) is 14.9. The molecule has 1 aromatic carbocycles. The second-order valence-corrected chi connectivity index (χ2v) is 5.16. The number of H-pyrrole nitrogens is 1. The van der Waals surface area contributed by atoms with E-state index in [1.165, 1.54) is 0 Å². The van der Waals surface area contributed by atoms with Crippen molar-refractivity contribution in [1.82, 2.24) is 10.3 Å². The molecule has 4 heteroatoms. The van der Waals surface area contributed by atoms with E-state index in [0.29, 0.717) is 0 Å². The minimum atomic E-state index is -0.323. The number of hydrogen-bond acceptors (Lipinski definition) is 2. The van der Waals surface area contributed by atoms with Crippen LogP contribution in [0.3, 0.4) is 0 Å². The van der Waals surface area contributed by atoms with Gasteiger partial charge in [-0.2, -0.15) is 5.26 Å². The van der Waals surface area contributed by atoms with Gasteiger partial charge in [0.15, 0.2) is 0 Å². The molecule has 2 rings (SSSR count). The lowest BCUT2D eigenvalue weighted by molar-refractivity contribution is -0.117. The first-order chi connectivity index (χ1) is 10.1. The molecule has 0 bridgehead atoms. The van der Waals surface area contributed by atoms with Crippen LogP contribution in [0.25, 0.3) is 17.0 Å². The Hall–Kier alpha value is -2.54. The highest BCUT2D eigenvalue weighted by Gasteiger charge is 2.13. The van der Waals surface area contributed by atoms with E-state index in [1.54, 1.807) is 6.08 Å². The minimum Gasteiger partial charge on any atom is -0.358 e. The van der Waals surface area contributed by atoms with Crippen LogP contribution in [-0.2, 0) is 4.79 Å². The topological polar surface area (TPSA) is 68.7 Å². The number of aromatic amines is 1. The number of nitrogens with zero attached hydrogens (tertiary/aromatic N) is 1. The third kappa shape index (κ3) is 3.14. The third-order valence-electron chi connectivity index (χ3n) is 3.59. The predicted molar refractivity (Wildman–Crippen MR) is 84.5 cm³/mol. The van der Waals surface area contributed by atoms with Crippen molar-refractivity contribution in [3.05, 3.63) is 41.1 Å². The lowest BCUT2D eigenvalue weighted by atomic mass is 10.1. The number of aromatic nitrogens is 1. The molecular weight excluding hydrogens is 262 g/mol. The standard InChI is InChI=1S/C17H19N3O/c1-4-11(2)19-17(21)13(10-18)9-15-12(3)20-16-8-6-5-7-14(15)16/h5-9,11,20H,4H2,1-3H3,(H,19,21)/b13-9+/t11-/m1/s1. The van der Waals surface area contributed by atoms with Gasteiger partial charge < -0.3 is 10.3 Å². The summed E-state index contributed by atoms with van der Waals surface area (Å²) in [6.45, 7) is 5.85. The summed E-state index contributed by atoms with van der Waals surface area (Å²) in [4.78, 5) is 15.4. The van der Waals surface area contributed by atoms with Crippen molar-refractivity contribution in [1.29, 1.82) is 5.26 Å². The number of para-hydroxylation sites is 1. The molecule has 0 fully saturated rings. The Kier molecular flexibility index (Phi) is 4.44. The molecule has 2 N–H and O–H groups in total. The molecule has 1 aromatic heterocycles. The summed E-state index contributed by atoms with van der Waals surface area (Å²) in [6.07, 6.45) is 2.49. The van der Waals surface area contributed by atoms with Crippen molar-refractivity contribution in [2.24, 2.45) is 0 Å². The van der Waals surface area contributed by atoms with Crippen LogP contribution in [0.1, 0.15) is 31.5 Å². The van der Waals surface area contributed by atoms with Gasteiger partial charge in [0.05, 0.1) is 0 Å². The molecule has 0 radical (unpaired) electrons. The van der Waals surface area contributed by atoms with Crippen LogP contribution < -0.4 is 5.32 Å². The van der Waals surface area contributed by atoms with E-state index in [1.807, 2.05) is 51.1 Å². The van der Waals surface area contributed by atoms with Crippen LogP contribution >= 0.6 is 0 Å². The summed E-state index contributed by atoms with van der Waals surface area (Å²) in [5.41, 5.74) is 2.96. The molecule has 0 unspecified atom stereocenters. The Labute approximate surface area is 124 Å². The van der Waals surface area contributed by atoms with Gasteiger partial charge in [-0.1, -0.05) is 25.1 Å². The molecule has 0 saturated carbocycles. The second-order valence-electron chi connectivity index (χ2n) is 5.16. The van der Waals surface area contributed by atoms with Gasteiger partial charge in [-0.05, 0) is 32.4 Å². The Bertz CT molecular complexity index is 734. The smallest absolute Gasteiger partial charge is 0.262 e. The molecule has 108 valence electrons. The van der Waals surface area contributed by atoms with Crippen LogP contribution in [0.5, 0.6) is 0 Å². The number of carbonyl (C=O) groups is 1. The molecule has 1 amide bonds. The second kappa shape index (κ2) is 6.27. The highest BCUT2D eigenvalue weighted by molar-refractivity contribution is 6.04. The molecule has 1 heterocycles. The number of benzene rings is 1. The molecule has 0 spiro atoms. The van der Waals surface area contributed by atoms with Gasteiger partial charge in [0.1, 0.15) is 11.6 Å². The summed E-state index contributed by atoms with van der Waals surface area (Å²) >= 11 is 0. The first-order valence-corrected chi connectivity index (χ1v) is 7.06. The Morgan fingerprint density at radius 3 is 2.86 bits per heavy atom. The van der Waals surface area contributed by atoms with Crippen LogP contribution in [0, 0.1) is 18.3 Å². The lowest BCUT2D eigenvalue weighted by Gasteiger charge is -2.10. The predicted octanol–water partition coefficient (Wildman–Crippen LogP) is 3.30. The van der Waals surface area contributed by atoms with Gasteiger partial charge in [0.25, 0.3) is 5.91 Å². The summed E-state index contributed by atoms with van der Waals surface area (Å²) in [5, 5.41) is 13.1. The maximum Gasteiger partial charge on any atom is 0.262 e. The highest BCUT2D eigenvalue weighted by atomic mass is 16.1. The maximum atomic E-state index is 12.1. The number of nitriles is 1. The number of fused-ring (bicyclic) bond motifs is 1. The van der Waals surface area contributed by atoms with Gasteiger partial charge >= 0.3 is 0 Å². The van der Waals surface area contributed by atoms with E-state index < -0.39 is 0 Å². The SMILES string of the molecule is CC[C@@H](C)NC(=O)/C(C#N)=C/c1c(C)[nH]c2ccccc12. The molecule has 0 saturated heterocycles. The monoisotopic (exact) mass is 281 g/mol. The Morgan fingerprint density at radius 1 is 1.48 bits per heavy atom. The molecule has 0 aliphatic carbocycles. The lowest BCUT2D eigenvalue weighted by Crippen LogP contribution is -2.32. The zero-order valence-electron chi connectivity index (χ0n) is 12.5. The van der Waals surface area contributed by atoms with E-state index in [9.17, 15) is 10.1 Å². The molecule has 21 heavy (non-hydrogen) atoms. The number of nitrogens with one attached hydrogen (secondary N) is 2. The molecule has 0 aliphatic heterocycles. The summed E-state index contributed by atoms with van der Waals surface area (Å²) in [6, 6.07) is 9.90. The third-order valence-corrected chi connectivity index (χ3v) is 3.59. The van der Waals surface area contributed by atoms with Gasteiger partial charge in [-0.3, -0.25) is 4.79 Å². The van der Waals surface area contributed by atoms with Gasteiger partial charge in [0, 0.05) is 28.2 Å². The van der Waals surface area contributed by atoms with Gasteiger partial charge in [-0.15, -0.1) is 0 Å². The van der Waals surface area contributed by atoms with E-state index in [4.69, 9.17) is 0 Å². The zero-order valence-corrected chi connectivity index (χ0v) is 12.5. The molecule has 4 nitrogen and oxygen atoms in total. The van der Waals surface area contributed by atoms with E-state index in [0.717, 1.165) is 28.6 Å². The number of aryl methyl sites for hydroxylation is 1. The van der Waals surface area contributed by atoms with Gasteiger partial charge in [0.2, 0.25) is 0 Å². The van der Waals surface area contributed by atoms with Crippen molar-refractivity contribution >= 4 is 22.9 Å². The average molecular weight is 281 g/mol. The number of rotatable bonds is 4. The van der Waals surface area contributed by atoms with Crippen LogP contribution in [0.4, 0.5) is 0 Å². The van der Waals surface area contributed by atoms with Crippen LogP contribution in [0.2, 0.25) is 0 Å². The normalized spacial score (nSPS) is 13.0. The fraction of sp³-hybridized carbons (Fsp3) is 0.294. The van der Waals surface area contributed by atoms with E-state index in [2.05, 4.69) is 10.3 Å². The number of carbonyl (C=O) groups excluding carboxylic acids is 1. The van der Waals surface area contributed by atoms with Crippen molar-refractivity contribution in [3.8, 4) is 6.07 Å². The average Bonchev–Trinajstić information content (AvgIpc) is 2.79. The molecule has 2 aromatic rings. The van der Waals surface area contributed by atoms with E-state index in [-0.39, 0.29) is 17.5 Å². The molecule has 0 aliphatic rings. The largest absolute Gasteiger partial charge is 0.358 e. The van der Waals surface area contributed by atoms with Crippen molar-refractivity contribution in [2.45, 2.75) is 33.2 Å². The fourth-order valence-electron chi connectivity index (χ4n) is 2.18. The van der Waals surface area contributed by atoms with Gasteiger partial charge in [-0.25, -0.2) is 0 Å². The quantitative estimate of drug-likeness (QED) is 0.667. The summed E-state index contributed by atoms with van der Waals surface area (Å²) < 4.78 is 0. The Balaban J connectivity index is 2.41. The van der Waals surface area contributed by atoms with Crippen molar-refractivity contribution in [2.75, 3.05) is 0 Å². The molecular formula is C17H19N3O. The Morgan fingerprint density at radius 2 is 2.19 bits per heavy atom. The minimum absolute atomic E-state index is 0.0540. The fourth-order valence-corrected chi connectivity index (χ4v) is 2.18. The van der Waals surface area contributed by atoms with Crippen molar-refractivity contribution < 1.29 is 4.79 Å². The number of amides is 1. The van der Waals surface area contributed by atoms with Crippen LogP contribution in [0.15, 0.2) is 29.8 Å². The first-order valence-electron chi connectivity index (χ1n) is 7.06.